The summed E-state index contributed by atoms with van der Waals surface area (Å²) in [4.78, 5) is 5.91. The first kappa shape index (κ1) is 12.2. The molecule has 0 atom stereocenters. The zero-order chi connectivity index (χ0) is 12.4. The van der Waals surface area contributed by atoms with Gasteiger partial charge in [-0.25, -0.2) is 4.98 Å². The summed E-state index contributed by atoms with van der Waals surface area (Å²) in [6.07, 6.45) is 0. The van der Waals surface area contributed by atoms with E-state index in [0.717, 1.165) is 5.82 Å². The molecule has 0 aliphatic heterocycles. The minimum absolute atomic E-state index is 0.459. The van der Waals surface area contributed by atoms with E-state index in [4.69, 9.17) is 0 Å². The van der Waals surface area contributed by atoms with Crippen molar-refractivity contribution in [3.63, 3.8) is 0 Å². The predicted molar refractivity (Wildman–Crippen MR) is 72.6 cm³/mol. The summed E-state index contributed by atoms with van der Waals surface area (Å²) in [6.45, 7) is 6.44. The first-order valence-corrected chi connectivity index (χ1v) is 6.67. The quantitative estimate of drug-likeness (QED) is 0.814. The highest BCUT2D eigenvalue weighted by atomic mass is 32.2. The average molecular weight is 246 g/mol. The van der Waals surface area contributed by atoms with Gasteiger partial charge < -0.3 is 4.57 Å². The van der Waals surface area contributed by atoms with Crippen molar-refractivity contribution in [2.45, 2.75) is 36.6 Å². The van der Waals surface area contributed by atoms with Gasteiger partial charge in [-0.15, -0.1) is 0 Å². The molecule has 0 spiro atoms. The van der Waals surface area contributed by atoms with Crippen LogP contribution in [0, 0.1) is 6.92 Å². The van der Waals surface area contributed by atoms with Crippen LogP contribution >= 0.6 is 11.8 Å². The second-order valence-corrected chi connectivity index (χ2v) is 5.54. The number of imidazole rings is 1. The van der Waals surface area contributed by atoms with Crippen LogP contribution in [0.3, 0.4) is 0 Å². The molecule has 1 aromatic heterocycles. The predicted octanol–water partition coefficient (Wildman–Crippen LogP) is 4.00. The van der Waals surface area contributed by atoms with Gasteiger partial charge in [-0.3, -0.25) is 0 Å². The van der Waals surface area contributed by atoms with Gasteiger partial charge in [0.15, 0.2) is 0 Å². The molecule has 2 rings (SSSR count). The Morgan fingerprint density at radius 3 is 2.41 bits per heavy atom. The zero-order valence-electron chi connectivity index (χ0n) is 10.8. The molecule has 0 bridgehead atoms. The van der Waals surface area contributed by atoms with E-state index < -0.39 is 0 Å². The number of rotatable bonds is 3. The van der Waals surface area contributed by atoms with Gasteiger partial charge in [-0.05, 0) is 25.0 Å². The summed E-state index contributed by atoms with van der Waals surface area (Å²) in [7, 11) is 2.08. The molecule has 1 aromatic carbocycles. The lowest BCUT2D eigenvalue weighted by molar-refractivity contribution is 0.754. The van der Waals surface area contributed by atoms with Crippen molar-refractivity contribution in [1.82, 2.24) is 9.55 Å². The van der Waals surface area contributed by atoms with E-state index in [-0.39, 0.29) is 0 Å². The number of aromatic nitrogens is 2. The number of hydrogen-bond acceptors (Lipinski definition) is 2. The molecule has 0 aliphatic carbocycles. The first-order valence-electron chi connectivity index (χ1n) is 5.85. The zero-order valence-corrected chi connectivity index (χ0v) is 11.6. The van der Waals surface area contributed by atoms with E-state index in [9.17, 15) is 0 Å². The van der Waals surface area contributed by atoms with Gasteiger partial charge in [0.05, 0.1) is 5.69 Å². The molecule has 2 aromatic rings. The molecule has 2 nitrogen and oxygen atoms in total. The Balaban J connectivity index is 2.38. The van der Waals surface area contributed by atoms with Crippen LogP contribution in [0.15, 0.2) is 40.3 Å². The molecule has 0 amide bonds. The lowest BCUT2D eigenvalue weighted by Gasteiger charge is -2.08. The second kappa shape index (κ2) is 4.96. The second-order valence-electron chi connectivity index (χ2n) is 4.48. The molecule has 0 saturated heterocycles. The molecule has 1 heterocycles. The highest BCUT2D eigenvalue weighted by Crippen LogP contribution is 2.33. The summed E-state index contributed by atoms with van der Waals surface area (Å²) < 4.78 is 2.17. The molecular weight excluding hydrogens is 228 g/mol. The van der Waals surface area contributed by atoms with Gasteiger partial charge in [-0.1, -0.05) is 43.8 Å². The standard InChI is InChI=1S/C14H18N2S/c1-10(2)13-14(16(4)11(3)15-13)17-12-8-6-5-7-9-12/h5-10H,1-4H3. The third-order valence-electron chi connectivity index (χ3n) is 2.80. The molecule has 0 saturated carbocycles. The number of hydrogen-bond donors (Lipinski definition) is 0. The number of aryl methyl sites for hydroxylation is 1. The molecule has 3 heteroatoms. The average Bonchev–Trinajstić information content (AvgIpc) is 2.59. The maximum absolute atomic E-state index is 4.65. The summed E-state index contributed by atoms with van der Waals surface area (Å²) in [5.41, 5.74) is 1.19. The normalized spacial score (nSPS) is 11.1. The van der Waals surface area contributed by atoms with Gasteiger partial charge in [0, 0.05) is 11.9 Å². The third-order valence-corrected chi connectivity index (χ3v) is 3.98. The van der Waals surface area contributed by atoms with Gasteiger partial charge in [0.25, 0.3) is 0 Å². The smallest absolute Gasteiger partial charge is 0.106 e. The summed E-state index contributed by atoms with van der Waals surface area (Å²) in [5.74, 6) is 1.54. The Morgan fingerprint density at radius 2 is 1.82 bits per heavy atom. The Kier molecular flexibility index (Phi) is 3.57. The van der Waals surface area contributed by atoms with Gasteiger partial charge in [0.2, 0.25) is 0 Å². The van der Waals surface area contributed by atoms with E-state index in [0.29, 0.717) is 5.92 Å². The van der Waals surface area contributed by atoms with Crippen LogP contribution < -0.4 is 0 Å². The fourth-order valence-electron chi connectivity index (χ4n) is 1.71. The van der Waals surface area contributed by atoms with E-state index in [1.807, 2.05) is 6.07 Å². The van der Waals surface area contributed by atoms with Crippen LogP contribution in [0.1, 0.15) is 31.3 Å². The first-order chi connectivity index (χ1) is 8.09. The van der Waals surface area contributed by atoms with E-state index >= 15 is 0 Å². The van der Waals surface area contributed by atoms with Crippen molar-refractivity contribution in [3.05, 3.63) is 41.9 Å². The lowest BCUT2D eigenvalue weighted by atomic mass is 10.2. The fourth-order valence-corrected chi connectivity index (χ4v) is 2.88. The molecule has 0 aliphatic rings. The molecule has 0 radical (unpaired) electrons. The van der Waals surface area contributed by atoms with Crippen molar-refractivity contribution < 1.29 is 0 Å². The van der Waals surface area contributed by atoms with Crippen LogP contribution in [0.4, 0.5) is 0 Å². The summed E-state index contributed by atoms with van der Waals surface area (Å²) in [5, 5.41) is 1.25. The third kappa shape index (κ3) is 2.55. The van der Waals surface area contributed by atoms with E-state index in [1.54, 1.807) is 11.8 Å². The Labute approximate surface area is 107 Å². The highest BCUT2D eigenvalue weighted by Gasteiger charge is 2.15. The minimum Gasteiger partial charge on any atom is -0.326 e. The van der Waals surface area contributed by atoms with Gasteiger partial charge in [-0.2, -0.15) is 0 Å². The van der Waals surface area contributed by atoms with Crippen LogP contribution in [-0.4, -0.2) is 9.55 Å². The van der Waals surface area contributed by atoms with Crippen LogP contribution in [-0.2, 0) is 7.05 Å². The van der Waals surface area contributed by atoms with Crippen molar-refractivity contribution in [1.29, 1.82) is 0 Å². The van der Waals surface area contributed by atoms with Crippen molar-refractivity contribution in [3.8, 4) is 0 Å². The van der Waals surface area contributed by atoms with Crippen LogP contribution in [0.2, 0.25) is 0 Å². The molecule has 90 valence electrons. The monoisotopic (exact) mass is 246 g/mol. The molecule has 0 unspecified atom stereocenters. The minimum atomic E-state index is 0.459. The molecular formula is C14H18N2S. The highest BCUT2D eigenvalue weighted by molar-refractivity contribution is 7.99. The lowest BCUT2D eigenvalue weighted by Crippen LogP contribution is -1.95. The topological polar surface area (TPSA) is 17.8 Å². The Bertz CT molecular complexity index is 500. The fraction of sp³-hybridized carbons (Fsp3) is 0.357. The maximum atomic E-state index is 4.65. The Hall–Kier alpha value is -1.22. The van der Waals surface area contributed by atoms with Gasteiger partial charge >= 0.3 is 0 Å². The SMILES string of the molecule is Cc1nc(C(C)C)c(Sc2ccccc2)n1C. The van der Waals surface area contributed by atoms with E-state index in [2.05, 4.69) is 61.6 Å². The van der Waals surface area contributed by atoms with Crippen LogP contribution in [0.25, 0.3) is 0 Å². The summed E-state index contributed by atoms with van der Waals surface area (Å²) in [6, 6.07) is 10.5. The van der Waals surface area contributed by atoms with Crippen LogP contribution in [0.5, 0.6) is 0 Å². The maximum Gasteiger partial charge on any atom is 0.106 e. The Morgan fingerprint density at radius 1 is 1.18 bits per heavy atom. The van der Waals surface area contributed by atoms with E-state index in [1.165, 1.54) is 15.6 Å². The number of benzene rings is 1. The molecule has 17 heavy (non-hydrogen) atoms. The largest absolute Gasteiger partial charge is 0.326 e. The van der Waals surface area contributed by atoms with Crippen molar-refractivity contribution >= 4 is 11.8 Å². The summed E-state index contributed by atoms with van der Waals surface area (Å²) >= 11 is 1.79. The molecule has 0 N–H and O–H groups in total. The number of nitrogens with zero attached hydrogens (tertiary/aromatic N) is 2. The van der Waals surface area contributed by atoms with Gasteiger partial charge in [0.1, 0.15) is 10.9 Å². The van der Waals surface area contributed by atoms with Crippen molar-refractivity contribution in [2.75, 3.05) is 0 Å². The molecule has 0 fully saturated rings. The van der Waals surface area contributed by atoms with Crippen molar-refractivity contribution in [2.24, 2.45) is 7.05 Å².